The van der Waals surface area contributed by atoms with Crippen LogP contribution in [0.4, 0.5) is 0 Å². The Hall–Kier alpha value is -0.350. The lowest BCUT2D eigenvalue weighted by Crippen LogP contribution is -2.32. The van der Waals surface area contributed by atoms with Gasteiger partial charge in [0.1, 0.15) is 0 Å². The van der Waals surface area contributed by atoms with Crippen molar-refractivity contribution in [3.8, 4) is 0 Å². The van der Waals surface area contributed by atoms with Gasteiger partial charge in [-0.2, -0.15) is 0 Å². The molecule has 18 heavy (non-hydrogen) atoms. The van der Waals surface area contributed by atoms with Gasteiger partial charge < -0.3 is 10.6 Å². The molecule has 1 saturated heterocycles. The van der Waals surface area contributed by atoms with Crippen molar-refractivity contribution >= 4 is 24.8 Å². The molecule has 0 bridgehead atoms. The maximum atomic E-state index is 5.80. The number of halogens is 2. The Morgan fingerprint density at radius 3 is 2.78 bits per heavy atom. The Kier molecular flexibility index (Phi) is 7.79. The maximum Gasteiger partial charge on any atom is 0.0300 e. The molecule has 0 aromatic carbocycles. The number of nitrogens with two attached hydrogens (primary N) is 1. The minimum absolute atomic E-state index is 0. The molecule has 1 fully saturated rings. The Bertz CT molecular complexity index is 334. The van der Waals surface area contributed by atoms with Crippen LogP contribution in [0.25, 0.3) is 0 Å². The smallest absolute Gasteiger partial charge is 0.0300 e. The van der Waals surface area contributed by atoms with Crippen LogP contribution in [0.3, 0.4) is 0 Å². The number of nitrogens with zero attached hydrogens (tertiary/aromatic N) is 2. The normalized spacial score (nSPS) is 23.2. The summed E-state index contributed by atoms with van der Waals surface area (Å²) in [4.78, 5) is 6.65. The second kappa shape index (κ2) is 7.95. The van der Waals surface area contributed by atoms with E-state index in [0.717, 1.165) is 26.1 Å². The second-order valence-electron chi connectivity index (χ2n) is 5.15. The molecule has 1 aliphatic heterocycles. The van der Waals surface area contributed by atoms with Gasteiger partial charge in [-0.25, -0.2) is 0 Å². The minimum atomic E-state index is 0. The molecule has 1 aromatic rings. The van der Waals surface area contributed by atoms with Crippen molar-refractivity contribution in [2.45, 2.75) is 19.8 Å². The van der Waals surface area contributed by atoms with Crippen molar-refractivity contribution in [1.82, 2.24) is 9.88 Å². The van der Waals surface area contributed by atoms with E-state index in [0.29, 0.717) is 5.41 Å². The van der Waals surface area contributed by atoms with E-state index in [9.17, 15) is 0 Å². The third kappa shape index (κ3) is 4.73. The average molecular weight is 292 g/mol. The van der Waals surface area contributed by atoms with E-state index in [1.807, 2.05) is 18.5 Å². The molecule has 0 spiro atoms. The van der Waals surface area contributed by atoms with Crippen molar-refractivity contribution in [1.29, 1.82) is 0 Å². The Morgan fingerprint density at radius 2 is 2.22 bits per heavy atom. The van der Waals surface area contributed by atoms with E-state index in [2.05, 4.69) is 22.9 Å². The number of hydrogen-bond donors (Lipinski definition) is 1. The first-order valence-electron chi connectivity index (χ1n) is 6.03. The predicted molar refractivity (Wildman–Crippen MR) is 80.7 cm³/mol. The van der Waals surface area contributed by atoms with E-state index in [4.69, 9.17) is 5.73 Å². The number of rotatable bonds is 4. The molecule has 0 amide bonds. The average Bonchev–Trinajstić information content (AvgIpc) is 2.71. The van der Waals surface area contributed by atoms with Gasteiger partial charge in [-0.3, -0.25) is 4.98 Å². The van der Waals surface area contributed by atoms with Gasteiger partial charge in [-0.1, -0.05) is 13.0 Å². The van der Waals surface area contributed by atoms with E-state index >= 15 is 0 Å². The van der Waals surface area contributed by atoms with E-state index in [-0.39, 0.29) is 24.8 Å². The first kappa shape index (κ1) is 17.6. The van der Waals surface area contributed by atoms with Crippen molar-refractivity contribution in [2.24, 2.45) is 11.1 Å². The van der Waals surface area contributed by atoms with Gasteiger partial charge in [-0.05, 0) is 43.0 Å². The van der Waals surface area contributed by atoms with Gasteiger partial charge in [0.25, 0.3) is 0 Å². The van der Waals surface area contributed by atoms with Crippen LogP contribution in [0.5, 0.6) is 0 Å². The molecule has 0 radical (unpaired) electrons. The van der Waals surface area contributed by atoms with Crippen molar-refractivity contribution in [2.75, 3.05) is 26.2 Å². The summed E-state index contributed by atoms with van der Waals surface area (Å²) in [5, 5.41) is 0. The summed E-state index contributed by atoms with van der Waals surface area (Å²) in [7, 11) is 0. The highest BCUT2D eigenvalue weighted by molar-refractivity contribution is 5.85. The molecule has 1 unspecified atom stereocenters. The standard InChI is InChI=1S/C13H21N3.2ClH/c1-13(10-14)5-8-16(11-13)7-4-12-3-2-6-15-9-12;;/h2-3,6,9H,4-5,7-8,10-11,14H2,1H3;2*1H. The summed E-state index contributed by atoms with van der Waals surface area (Å²) in [5.41, 5.74) is 7.47. The molecular formula is C13H23Cl2N3. The Labute approximate surface area is 122 Å². The Morgan fingerprint density at radius 1 is 1.44 bits per heavy atom. The number of likely N-dealkylation sites (tertiary alicyclic amines) is 1. The molecule has 1 aliphatic rings. The van der Waals surface area contributed by atoms with Crippen LogP contribution >= 0.6 is 24.8 Å². The van der Waals surface area contributed by atoms with Crippen LogP contribution in [0, 0.1) is 5.41 Å². The number of aromatic nitrogens is 1. The summed E-state index contributed by atoms with van der Waals surface area (Å²) in [6.07, 6.45) is 6.11. The van der Waals surface area contributed by atoms with E-state index in [1.54, 1.807) is 0 Å². The summed E-state index contributed by atoms with van der Waals surface area (Å²) in [5.74, 6) is 0. The van der Waals surface area contributed by atoms with Crippen LogP contribution in [0.2, 0.25) is 0 Å². The third-order valence-corrected chi connectivity index (χ3v) is 3.57. The molecule has 3 nitrogen and oxygen atoms in total. The highest BCUT2D eigenvalue weighted by Gasteiger charge is 2.31. The van der Waals surface area contributed by atoms with Crippen molar-refractivity contribution < 1.29 is 0 Å². The minimum Gasteiger partial charge on any atom is -0.330 e. The summed E-state index contributed by atoms with van der Waals surface area (Å²) < 4.78 is 0. The van der Waals surface area contributed by atoms with E-state index in [1.165, 1.54) is 18.5 Å². The first-order chi connectivity index (χ1) is 7.72. The number of pyridine rings is 1. The largest absolute Gasteiger partial charge is 0.330 e. The zero-order valence-corrected chi connectivity index (χ0v) is 12.5. The van der Waals surface area contributed by atoms with Gasteiger partial charge in [0.05, 0.1) is 0 Å². The molecule has 5 heteroatoms. The van der Waals surface area contributed by atoms with Crippen LogP contribution in [0.15, 0.2) is 24.5 Å². The molecule has 1 atom stereocenters. The highest BCUT2D eigenvalue weighted by Crippen LogP contribution is 2.28. The quantitative estimate of drug-likeness (QED) is 0.924. The maximum absolute atomic E-state index is 5.80. The third-order valence-electron chi connectivity index (χ3n) is 3.57. The lowest BCUT2D eigenvalue weighted by molar-refractivity contribution is 0.283. The SMILES string of the molecule is CC1(CN)CCN(CCc2cccnc2)C1.Cl.Cl. The zero-order valence-electron chi connectivity index (χ0n) is 10.8. The van der Waals surface area contributed by atoms with Crippen molar-refractivity contribution in [3.63, 3.8) is 0 Å². The van der Waals surface area contributed by atoms with Gasteiger partial charge >= 0.3 is 0 Å². The first-order valence-corrected chi connectivity index (χ1v) is 6.03. The summed E-state index contributed by atoms with van der Waals surface area (Å²) in [6.45, 7) is 6.55. The topological polar surface area (TPSA) is 42.1 Å². The highest BCUT2D eigenvalue weighted by atomic mass is 35.5. The number of hydrogen-bond acceptors (Lipinski definition) is 3. The lowest BCUT2D eigenvalue weighted by atomic mass is 9.90. The summed E-state index contributed by atoms with van der Waals surface area (Å²) in [6, 6.07) is 4.15. The van der Waals surface area contributed by atoms with Crippen molar-refractivity contribution in [3.05, 3.63) is 30.1 Å². The molecule has 2 heterocycles. The van der Waals surface area contributed by atoms with Gasteiger partial charge in [0, 0.05) is 25.5 Å². The molecule has 0 aliphatic carbocycles. The van der Waals surface area contributed by atoms with E-state index < -0.39 is 0 Å². The fraction of sp³-hybridized carbons (Fsp3) is 0.615. The monoisotopic (exact) mass is 291 g/mol. The molecular weight excluding hydrogens is 269 g/mol. The van der Waals surface area contributed by atoms with Gasteiger partial charge in [0.2, 0.25) is 0 Å². The van der Waals surface area contributed by atoms with Crippen LogP contribution in [-0.4, -0.2) is 36.1 Å². The predicted octanol–water partition coefficient (Wildman–Crippen LogP) is 2.14. The summed E-state index contributed by atoms with van der Waals surface area (Å²) >= 11 is 0. The molecule has 104 valence electrons. The fourth-order valence-corrected chi connectivity index (χ4v) is 2.32. The Balaban J connectivity index is 0.00000144. The molecule has 0 saturated carbocycles. The van der Waals surface area contributed by atoms with Crippen LogP contribution in [0.1, 0.15) is 18.9 Å². The van der Waals surface area contributed by atoms with Gasteiger partial charge in [-0.15, -0.1) is 24.8 Å². The van der Waals surface area contributed by atoms with Crippen LogP contribution < -0.4 is 5.73 Å². The molecule has 2 N–H and O–H groups in total. The lowest BCUT2D eigenvalue weighted by Gasteiger charge is -2.22. The second-order valence-corrected chi connectivity index (χ2v) is 5.15. The van der Waals surface area contributed by atoms with Gasteiger partial charge in [0.15, 0.2) is 0 Å². The zero-order chi connectivity index (χ0) is 11.4. The molecule has 1 aromatic heterocycles. The fourth-order valence-electron chi connectivity index (χ4n) is 2.32. The van der Waals surface area contributed by atoms with Crippen LogP contribution in [-0.2, 0) is 6.42 Å². The molecule has 2 rings (SSSR count).